The van der Waals surface area contributed by atoms with Gasteiger partial charge in [0.1, 0.15) is 10.7 Å². The van der Waals surface area contributed by atoms with Crippen LogP contribution >= 0.6 is 34.5 Å². The van der Waals surface area contributed by atoms with Crippen molar-refractivity contribution in [2.75, 3.05) is 37.4 Å². The second-order valence-corrected chi connectivity index (χ2v) is 11.0. The van der Waals surface area contributed by atoms with Crippen LogP contribution in [-0.4, -0.2) is 46.3 Å². The van der Waals surface area contributed by atoms with E-state index in [2.05, 4.69) is 22.1 Å². The first kappa shape index (κ1) is 24.7. The van der Waals surface area contributed by atoms with E-state index in [9.17, 15) is 9.00 Å². The normalized spacial score (nSPS) is 13.2. The van der Waals surface area contributed by atoms with E-state index in [0.29, 0.717) is 22.5 Å². The van der Waals surface area contributed by atoms with Gasteiger partial charge in [-0.05, 0) is 50.3 Å². The number of rotatable bonds is 9. The highest BCUT2D eigenvalue weighted by Crippen LogP contribution is 2.34. The highest BCUT2D eigenvalue weighted by Gasteiger charge is 2.22. The topological polar surface area (TPSA) is 88.3 Å². The lowest BCUT2D eigenvalue weighted by molar-refractivity contribution is 0.104. The van der Waals surface area contributed by atoms with Gasteiger partial charge in [-0.3, -0.25) is 9.00 Å². The zero-order chi connectivity index (χ0) is 23.4. The molecule has 0 radical (unpaired) electrons. The van der Waals surface area contributed by atoms with E-state index >= 15 is 0 Å². The number of carbonyl (C=O) groups is 1. The maximum absolute atomic E-state index is 12.9. The number of hydrogen-bond donors (Lipinski definition) is 2. The SMILES string of the molecule is CC(CN(C)C)CS(=O)c1cccc(Nc2nc(N)c(C(=O)c3c(Cl)cccc3Cl)s2)c1. The van der Waals surface area contributed by atoms with Gasteiger partial charge in [-0.25, -0.2) is 4.98 Å². The molecule has 0 saturated carbocycles. The third-order valence-corrected chi connectivity index (χ3v) is 7.78. The number of thiazole rings is 1. The summed E-state index contributed by atoms with van der Waals surface area (Å²) in [5.74, 6) is 0.582. The average Bonchev–Trinajstić information content (AvgIpc) is 3.07. The van der Waals surface area contributed by atoms with Crippen LogP contribution < -0.4 is 11.1 Å². The van der Waals surface area contributed by atoms with E-state index in [-0.39, 0.29) is 32.1 Å². The van der Waals surface area contributed by atoms with Crippen molar-refractivity contribution in [1.82, 2.24) is 9.88 Å². The van der Waals surface area contributed by atoms with Crippen LogP contribution in [0.3, 0.4) is 0 Å². The highest BCUT2D eigenvalue weighted by atomic mass is 35.5. The number of benzene rings is 2. The van der Waals surface area contributed by atoms with Crippen LogP contribution in [0.1, 0.15) is 22.2 Å². The van der Waals surface area contributed by atoms with E-state index in [4.69, 9.17) is 28.9 Å². The molecule has 3 aromatic rings. The first-order chi connectivity index (χ1) is 15.2. The number of halogens is 2. The van der Waals surface area contributed by atoms with Gasteiger partial charge in [0.25, 0.3) is 0 Å². The summed E-state index contributed by atoms with van der Waals surface area (Å²) in [6.45, 7) is 2.95. The summed E-state index contributed by atoms with van der Waals surface area (Å²) in [6, 6.07) is 12.2. The Bertz CT molecular complexity index is 1130. The number of anilines is 3. The summed E-state index contributed by atoms with van der Waals surface area (Å²) in [6.07, 6.45) is 0. The van der Waals surface area contributed by atoms with Gasteiger partial charge in [-0.1, -0.05) is 53.6 Å². The van der Waals surface area contributed by atoms with Crippen molar-refractivity contribution in [3.8, 4) is 0 Å². The van der Waals surface area contributed by atoms with Gasteiger partial charge < -0.3 is 16.0 Å². The lowest BCUT2D eigenvalue weighted by Crippen LogP contribution is -2.23. The molecule has 2 unspecified atom stereocenters. The van der Waals surface area contributed by atoms with E-state index in [1.165, 1.54) is 0 Å². The highest BCUT2D eigenvalue weighted by molar-refractivity contribution is 7.85. The number of nitrogens with one attached hydrogen (secondary N) is 1. The molecule has 2 aromatic carbocycles. The average molecular weight is 512 g/mol. The Hall–Kier alpha value is -1.97. The fourth-order valence-electron chi connectivity index (χ4n) is 3.25. The molecule has 0 bridgehead atoms. The molecule has 10 heteroatoms. The fourth-order valence-corrected chi connectivity index (χ4v) is 5.97. The third kappa shape index (κ3) is 6.08. The summed E-state index contributed by atoms with van der Waals surface area (Å²) >= 11 is 13.4. The molecular weight excluding hydrogens is 487 g/mol. The summed E-state index contributed by atoms with van der Waals surface area (Å²) in [4.78, 5) is 20.3. The molecule has 32 heavy (non-hydrogen) atoms. The molecule has 0 aliphatic carbocycles. The maximum atomic E-state index is 12.9. The van der Waals surface area contributed by atoms with Gasteiger partial charge in [-0.2, -0.15) is 0 Å². The summed E-state index contributed by atoms with van der Waals surface area (Å²) < 4.78 is 12.8. The predicted octanol–water partition coefficient (Wildman–Crippen LogP) is 5.31. The van der Waals surface area contributed by atoms with E-state index in [0.717, 1.165) is 22.8 Å². The second kappa shape index (κ2) is 10.8. The molecule has 170 valence electrons. The first-order valence-corrected chi connectivity index (χ1v) is 12.7. The Labute approximate surface area is 204 Å². The molecule has 0 fully saturated rings. The number of carbonyl (C=O) groups excluding carboxylic acids is 1. The van der Waals surface area contributed by atoms with Crippen molar-refractivity contribution >= 4 is 67.8 Å². The lowest BCUT2D eigenvalue weighted by Gasteiger charge is -2.16. The molecule has 0 aliphatic heterocycles. The standard InChI is InChI=1S/C22H24Cl2N4O2S2/c1-13(11-28(2)3)12-32(30)15-7-4-6-14(10-15)26-22-27-21(25)20(31-22)19(29)18-16(23)8-5-9-17(18)24/h4-10,13H,11-12,25H2,1-3H3,(H,26,27). The number of ketones is 1. The maximum Gasteiger partial charge on any atom is 0.209 e. The second-order valence-electron chi connectivity index (χ2n) is 7.69. The Kier molecular flexibility index (Phi) is 8.30. The molecule has 0 saturated heterocycles. The van der Waals surface area contributed by atoms with Gasteiger partial charge in [0.15, 0.2) is 5.13 Å². The quantitative estimate of drug-likeness (QED) is 0.379. The first-order valence-electron chi connectivity index (χ1n) is 9.81. The van der Waals surface area contributed by atoms with Crippen LogP contribution in [0.2, 0.25) is 10.0 Å². The van der Waals surface area contributed by atoms with Gasteiger partial charge in [0, 0.05) is 22.9 Å². The van der Waals surface area contributed by atoms with Gasteiger partial charge in [-0.15, -0.1) is 0 Å². The van der Waals surface area contributed by atoms with Crippen LogP contribution in [0.5, 0.6) is 0 Å². The van der Waals surface area contributed by atoms with E-state index < -0.39 is 10.8 Å². The number of nitrogens with zero attached hydrogens (tertiary/aromatic N) is 2. The molecule has 2 atom stereocenters. The minimum Gasteiger partial charge on any atom is -0.382 e. The summed E-state index contributed by atoms with van der Waals surface area (Å²) in [5.41, 5.74) is 6.91. The van der Waals surface area contributed by atoms with Crippen molar-refractivity contribution in [2.45, 2.75) is 11.8 Å². The largest absolute Gasteiger partial charge is 0.382 e. The smallest absolute Gasteiger partial charge is 0.209 e. The van der Waals surface area contributed by atoms with Crippen molar-refractivity contribution in [3.05, 3.63) is 63.0 Å². The Morgan fingerprint density at radius 1 is 1.22 bits per heavy atom. The molecular formula is C22H24Cl2N4O2S2. The molecule has 3 N–H and O–H groups in total. The lowest BCUT2D eigenvalue weighted by atomic mass is 10.1. The van der Waals surface area contributed by atoms with E-state index in [1.54, 1.807) is 18.2 Å². The van der Waals surface area contributed by atoms with Crippen LogP contribution in [0.15, 0.2) is 47.4 Å². The molecule has 6 nitrogen and oxygen atoms in total. The van der Waals surface area contributed by atoms with Crippen LogP contribution in [0.4, 0.5) is 16.6 Å². The summed E-state index contributed by atoms with van der Waals surface area (Å²) in [7, 11) is 2.88. The molecule has 0 amide bonds. The van der Waals surface area contributed by atoms with E-state index in [1.807, 2.05) is 38.4 Å². The van der Waals surface area contributed by atoms with Crippen molar-refractivity contribution in [3.63, 3.8) is 0 Å². The Morgan fingerprint density at radius 3 is 2.53 bits per heavy atom. The van der Waals surface area contributed by atoms with Crippen molar-refractivity contribution in [1.29, 1.82) is 0 Å². The zero-order valence-corrected chi connectivity index (χ0v) is 21.0. The van der Waals surface area contributed by atoms with Crippen molar-refractivity contribution in [2.24, 2.45) is 5.92 Å². The molecule has 0 aliphatic rings. The van der Waals surface area contributed by atoms with Crippen molar-refractivity contribution < 1.29 is 9.00 Å². The minimum absolute atomic E-state index is 0.0933. The third-order valence-electron chi connectivity index (χ3n) is 4.51. The molecule has 0 spiro atoms. The number of aromatic nitrogens is 1. The number of nitrogens with two attached hydrogens (primary N) is 1. The fraction of sp³-hybridized carbons (Fsp3) is 0.273. The van der Waals surface area contributed by atoms with Gasteiger partial charge in [0.05, 0.1) is 26.4 Å². The van der Waals surface area contributed by atoms with Gasteiger partial charge >= 0.3 is 0 Å². The van der Waals surface area contributed by atoms with Crippen LogP contribution in [0, 0.1) is 5.92 Å². The summed E-state index contributed by atoms with van der Waals surface area (Å²) in [5, 5.41) is 4.10. The molecule has 1 heterocycles. The Morgan fingerprint density at radius 2 is 1.88 bits per heavy atom. The molecule has 1 aromatic heterocycles. The zero-order valence-electron chi connectivity index (χ0n) is 17.9. The Balaban J connectivity index is 1.77. The van der Waals surface area contributed by atoms with Crippen LogP contribution in [-0.2, 0) is 10.8 Å². The number of hydrogen-bond acceptors (Lipinski definition) is 7. The number of nitrogen functional groups attached to an aromatic ring is 1. The minimum atomic E-state index is -1.13. The predicted molar refractivity (Wildman–Crippen MR) is 135 cm³/mol. The monoisotopic (exact) mass is 510 g/mol. The van der Waals surface area contributed by atoms with Gasteiger partial charge in [0.2, 0.25) is 5.78 Å². The molecule has 3 rings (SSSR count). The van der Waals surface area contributed by atoms with Crippen LogP contribution in [0.25, 0.3) is 0 Å².